The van der Waals surface area contributed by atoms with Gasteiger partial charge in [0, 0.05) is 27.5 Å². The molecule has 0 aliphatic heterocycles. The fourth-order valence-corrected chi connectivity index (χ4v) is 2.67. The van der Waals surface area contributed by atoms with Crippen molar-refractivity contribution in [1.29, 1.82) is 0 Å². The Labute approximate surface area is 158 Å². The minimum Gasteiger partial charge on any atom is -0.352 e. The Kier molecular flexibility index (Phi) is 6.99. The van der Waals surface area contributed by atoms with Crippen molar-refractivity contribution in [2.24, 2.45) is 0 Å². The van der Waals surface area contributed by atoms with E-state index in [4.69, 9.17) is 0 Å². The fourth-order valence-electron chi connectivity index (χ4n) is 2.14. The molecule has 4 nitrogen and oxygen atoms in total. The van der Waals surface area contributed by atoms with Crippen LogP contribution in [0.3, 0.4) is 0 Å². The van der Waals surface area contributed by atoms with Crippen LogP contribution < -0.4 is 10.6 Å². The smallest absolute Gasteiger partial charge is 0.251 e. The van der Waals surface area contributed by atoms with Crippen LogP contribution in [0.2, 0.25) is 0 Å². The van der Waals surface area contributed by atoms with Gasteiger partial charge in [0.1, 0.15) is 0 Å². The average Bonchev–Trinajstić information content (AvgIpc) is 2.55. The number of carbonyl (C=O) groups is 2. The lowest BCUT2D eigenvalue weighted by atomic mass is 10.1. The molecule has 1 atom stereocenters. The van der Waals surface area contributed by atoms with Gasteiger partial charge in [-0.2, -0.15) is 0 Å². The Morgan fingerprint density at radius 3 is 2.08 bits per heavy atom. The molecule has 2 aromatic rings. The van der Waals surface area contributed by atoms with Crippen LogP contribution in [-0.4, -0.2) is 18.4 Å². The molecule has 6 heteroatoms. The van der Waals surface area contributed by atoms with Crippen molar-refractivity contribution in [1.82, 2.24) is 10.6 Å². The van der Waals surface area contributed by atoms with Crippen LogP contribution in [-0.2, 0) is 4.79 Å². The maximum absolute atomic E-state index is 12.0. The van der Waals surface area contributed by atoms with Gasteiger partial charge in [-0.05, 0) is 48.9 Å². The molecule has 0 aromatic heterocycles. The first-order valence-electron chi connectivity index (χ1n) is 7.54. The molecule has 0 saturated carbocycles. The third-order valence-corrected chi connectivity index (χ3v) is 4.55. The zero-order valence-electron chi connectivity index (χ0n) is 13.2. The van der Waals surface area contributed by atoms with E-state index in [1.165, 1.54) is 0 Å². The molecule has 0 bridgehead atoms. The van der Waals surface area contributed by atoms with Crippen molar-refractivity contribution in [2.45, 2.75) is 19.4 Å². The van der Waals surface area contributed by atoms with Crippen molar-refractivity contribution in [3.05, 3.63) is 68.6 Å². The number of halogens is 2. The summed E-state index contributed by atoms with van der Waals surface area (Å²) in [5, 5.41) is 5.67. The molecular formula is C18H18Br2N2O2. The van der Waals surface area contributed by atoms with Crippen LogP contribution in [0.5, 0.6) is 0 Å². The normalized spacial score (nSPS) is 11.6. The van der Waals surface area contributed by atoms with Crippen molar-refractivity contribution >= 4 is 43.7 Å². The Bertz CT molecular complexity index is 700. The predicted octanol–water partition coefficient (Wildman–Crippen LogP) is 4.21. The highest BCUT2D eigenvalue weighted by molar-refractivity contribution is 9.10. The molecule has 2 amide bonds. The molecule has 2 N–H and O–H groups in total. The summed E-state index contributed by atoms with van der Waals surface area (Å²) in [6, 6.07) is 14.8. The molecule has 0 heterocycles. The average molecular weight is 454 g/mol. The standard InChI is InChI=1S/C18H18Br2N2O2/c1-12(13-2-6-15(19)7-3-13)22-17(23)10-11-21-18(24)14-4-8-16(20)9-5-14/h2-9,12H,10-11H2,1H3,(H,21,24)(H,22,23). The van der Waals surface area contributed by atoms with Gasteiger partial charge in [0.15, 0.2) is 0 Å². The van der Waals surface area contributed by atoms with E-state index >= 15 is 0 Å². The summed E-state index contributed by atoms with van der Waals surface area (Å²) in [5.41, 5.74) is 1.60. The topological polar surface area (TPSA) is 58.2 Å². The molecule has 24 heavy (non-hydrogen) atoms. The predicted molar refractivity (Wildman–Crippen MR) is 102 cm³/mol. The summed E-state index contributed by atoms with van der Waals surface area (Å²) < 4.78 is 1.92. The molecule has 0 saturated heterocycles. The fraction of sp³-hybridized carbons (Fsp3) is 0.222. The van der Waals surface area contributed by atoms with Crippen LogP contribution in [0.4, 0.5) is 0 Å². The van der Waals surface area contributed by atoms with E-state index in [-0.39, 0.29) is 24.3 Å². The van der Waals surface area contributed by atoms with Gasteiger partial charge in [0.25, 0.3) is 5.91 Å². The maximum Gasteiger partial charge on any atom is 0.251 e. The molecule has 0 fully saturated rings. The Morgan fingerprint density at radius 1 is 0.958 bits per heavy atom. The summed E-state index contributed by atoms with van der Waals surface area (Å²) in [7, 11) is 0. The van der Waals surface area contributed by atoms with E-state index in [1.807, 2.05) is 43.3 Å². The molecule has 2 rings (SSSR count). The van der Waals surface area contributed by atoms with E-state index < -0.39 is 0 Å². The number of hydrogen-bond acceptors (Lipinski definition) is 2. The summed E-state index contributed by atoms with van der Waals surface area (Å²) in [5.74, 6) is -0.280. The molecule has 1 unspecified atom stereocenters. The summed E-state index contributed by atoms with van der Waals surface area (Å²) >= 11 is 6.71. The summed E-state index contributed by atoms with van der Waals surface area (Å²) in [4.78, 5) is 23.9. The summed E-state index contributed by atoms with van der Waals surface area (Å²) in [6.07, 6.45) is 0.239. The first-order valence-corrected chi connectivity index (χ1v) is 9.13. The van der Waals surface area contributed by atoms with Gasteiger partial charge in [-0.15, -0.1) is 0 Å². The van der Waals surface area contributed by atoms with Gasteiger partial charge in [0.2, 0.25) is 5.91 Å². The quantitative estimate of drug-likeness (QED) is 0.688. The van der Waals surface area contributed by atoms with Crippen molar-refractivity contribution < 1.29 is 9.59 Å². The van der Waals surface area contributed by atoms with Crippen LogP contribution in [0, 0.1) is 0 Å². The van der Waals surface area contributed by atoms with E-state index in [0.717, 1.165) is 14.5 Å². The van der Waals surface area contributed by atoms with Crippen molar-refractivity contribution in [3.8, 4) is 0 Å². The Morgan fingerprint density at radius 2 is 1.50 bits per heavy atom. The number of amides is 2. The molecule has 126 valence electrons. The molecule has 0 aliphatic rings. The van der Waals surface area contributed by atoms with Gasteiger partial charge >= 0.3 is 0 Å². The molecule has 0 spiro atoms. The number of benzene rings is 2. The van der Waals surface area contributed by atoms with Gasteiger partial charge in [-0.1, -0.05) is 44.0 Å². The lowest BCUT2D eigenvalue weighted by molar-refractivity contribution is -0.121. The zero-order chi connectivity index (χ0) is 17.5. The van der Waals surface area contributed by atoms with E-state index in [2.05, 4.69) is 42.5 Å². The van der Waals surface area contributed by atoms with Gasteiger partial charge in [0.05, 0.1) is 6.04 Å². The SMILES string of the molecule is CC(NC(=O)CCNC(=O)c1ccc(Br)cc1)c1ccc(Br)cc1. The van der Waals surface area contributed by atoms with Crippen molar-refractivity contribution in [2.75, 3.05) is 6.54 Å². The third kappa shape index (κ3) is 5.76. The minimum absolute atomic E-state index is 0.0761. The van der Waals surface area contributed by atoms with Crippen LogP contribution in [0.1, 0.15) is 35.3 Å². The second kappa shape index (κ2) is 8.99. The minimum atomic E-state index is -0.184. The highest BCUT2D eigenvalue weighted by atomic mass is 79.9. The van der Waals surface area contributed by atoms with Gasteiger partial charge in [-0.25, -0.2) is 0 Å². The lowest BCUT2D eigenvalue weighted by Crippen LogP contribution is -2.32. The zero-order valence-corrected chi connectivity index (χ0v) is 16.4. The third-order valence-electron chi connectivity index (χ3n) is 3.49. The largest absolute Gasteiger partial charge is 0.352 e. The molecule has 2 aromatic carbocycles. The Hall–Kier alpha value is -1.66. The second-order valence-electron chi connectivity index (χ2n) is 5.35. The number of hydrogen-bond donors (Lipinski definition) is 2. The van der Waals surface area contributed by atoms with Gasteiger partial charge < -0.3 is 10.6 Å². The van der Waals surface area contributed by atoms with E-state index in [1.54, 1.807) is 12.1 Å². The van der Waals surface area contributed by atoms with E-state index in [9.17, 15) is 9.59 Å². The van der Waals surface area contributed by atoms with E-state index in [0.29, 0.717) is 12.1 Å². The molecular weight excluding hydrogens is 436 g/mol. The Balaban J connectivity index is 1.75. The number of carbonyl (C=O) groups excluding carboxylic acids is 2. The first kappa shape index (κ1) is 18.7. The number of nitrogens with one attached hydrogen (secondary N) is 2. The first-order chi connectivity index (χ1) is 11.5. The van der Waals surface area contributed by atoms with Crippen LogP contribution >= 0.6 is 31.9 Å². The molecule has 0 aliphatic carbocycles. The highest BCUT2D eigenvalue weighted by Crippen LogP contribution is 2.16. The second-order valence-corrected chi connectivity index (χ2v) is 7.18. The van der Waals surface area contributed by atoms with Crippen LogP contribution in [0.15, 0.2) is 57.5 Å². The lowest BCUT2D eigenvalue weighted by Gasteiger charge is -2.14. The maximum atomic E-state index is 12.0. The van der Waals surface area contributed by atoms with Crippen LogP contribution in [0.25, 0.3) is 0 Å². The highest BCUT2D eigenvalue weighted by Gasteiger charge is 2.10. The monoisotopic (exact) mass is 452 g/mol. The number of rotatable bonds is 6. The van der Waals surface area contributed by atoms with Crippen molar-refractivity contribution in [3.63, 3.8) is 0 Å². The molecule has 0 radical (unpaired) electrons. The summed E-state index contributed by atoms with van der Waals surface area (Å²) in [6.45, 7) is 2.23. The van der Waals surface area contributed by atoms with Gasteiger partial charge in [-0.3, -0.25) is 9.59 Å².